The summed E-state index contributed by atoms with van der Waals surface area (Å²) in [4.78, 5) is 25.3. The largest absolute Gasteiger partial charge is 0.299 e. The van der Waals surface area contributed by atoms with Crippen molar-refractivity contribution >= 4 is 33.3 Å². The number of Topliss-reactive ketones (excluding diaryl/α,β-unsaturated/α-hetero) is 1. The molecule has 3 nitrogen and oxygen atoms in total. The number of benzene rings is 1. The van der Waals surface area contributed by atoms with E-state index in [0.29, 0.717) is 11.3 Å². The quantitative estimate of drug-likeness (QED) is 0.733. The molecule has 1 aliphatic rings. The third kappa shape index (κ3) is 1.40. The van der Waals surface area contributed by atoms with Crippen LogP contribution >= 0.6 is 15.9 Å². The fraction of sp³-hybridized carbons (Fsp3) is 0.333. The Balaban J connectivity index is 2.68. The van der Waals surface area contributed by atoms with Crippen LogP contribution in [0.15, 0.2) is 22.7 Å². The highest BCUT2D eigenvalue weighted by atomic mass is 79.9. The third-order valence-corrected chi connectivity index (χ3v) is 3.37. The Morgan fingerprint density at radius 2 is 2.00 bits per heavy atom. The topological polar surface area (TPSA) is 37.4 Å². The third-order valence-electron chi connectivity index (χ3n) is 2.87. The van der Waals surface area contributed by atoms with Gasteiger partial charge < -0.3 is 0 Å². The number of halogens is 1. The summed E-state index contributed by atoms with van der Waals surface area (Å²) >= 11 is 3.33. The molecule has 0 spiro atoms. The molecule has 0 N–H and O–H groups in total. The second-order valence-electron chi connectivity index (χ2n) is 4.40. The molecule has 1 aromatic carbocycles. The maximum Gasteiger partial charge on any atom is 0.224 e. The Morgan fingerprint density at radius 3 is 2.56 bits per heavy atom. The van der Waals surface area contributed by atoms with E-state index in [0.717, 1.165) is 4.47 Å². The lowest BCUT2D eigenvalue weighted by Gasteiger charge is -2.29. The van der Waals surface area contributed by atoms with E-state index in [1.807, 2.05) is 6.07 Å². The molecule has 84 valence electrons. The number of carbonyl (C=O) groups excluding carboxylic acids is 2. The van der Waals surface area contributed by atoms with Gasteiger partial charge in [0, 0.05) is 17.0 Å². The monoisotopic (exact) mass is 281 g/mol. The lowest BCUT2D eigenvalue weighted by Crippen LogP contribution is -2.47. The summed E-state index contributed by atoms with van der Waals surface area (Å²) in [6, 6.07) is 5.40. The van der Waals surface area contributed by atoms with Gasteiger partial charge in [0.15, 0.2) is 5.78 Å². The van der Waals surface area contributed by atoms with Crippen molar-refractivity contribution in [2.75, 3.05) is 4.90 Å². The average Bonchev–Trinajstić information content (AvgIpc) is 2.36. The van der Waals surface area contributed by atoms with Gasteiger partial charge in [-0.3, -0.25) is 14.5 Å². The van der Waals surface area contributed by atoms with E-state index >= 15 is 0 Å². The summed E-state index contributed by atoms with van der Waals surface area (Å²) in [5.41, 5.74) is 0.523. The van der Waals surface area contributed by atoms with E-state index in [2.05, 4.69) is 15.9 Å². The normalized spacial score (nSPS) is 17.5. The van der Waals surface area contributed by atoms with Crippen molar-refractivity contribution in [1.29, 1.82) is 0 Å². The van der Waals surface area contributed by atoms with Crippen molar-refractivity contribution in [3.63, 3.8) is 0 Å². The molecule has 1 aromatic rings. The van der Waals surface area contributed by atoms with Crippen LogP contribution in [0.2, 0.25) is 0 Å². The molecule has 0 fully saturated rings. The van der Waals surface area contributed by atoms with E-state index in [4.69, 9.17) is 0 Å². The highest BCUT2D eigenvalue weighted by molar-refractivity contribution is 9.10. The molecular weight excluding hydrogens is 270 g/mol. The Labute approximate surface area is 103 Å². The number of rotatable bonds is 0. The van der Waals surface area contributed by atoms with E-state index in [1.54, 1.807) is 30.9 Å². The molecule has 0 bridgehead atoms. The van der Waals surface area contributed by atoms with Gasteiger partial charge in [-0.1, -0.05) is 15.9 Å². The average molecular weight is 282 g/mol. The number of ketones is 1. The predicted molar refractivity (Wildman–Crippen MR) is 65.7 cm³/mol. The minimum atomic E-state index is -0.783. The lowest BCUT2D eigenvalue weighted by molar-refractivity contribution is -0.117. The van der Waals surface area contributed by atoms with Gasteiger partial charge in [-0.2, -0.15) is 0 Å². The van der Waals surface area contributed by atoms with E-state index in [1.165, 1.54) is 6.92 Å². The summed E-state index contributed by atoms with van der Waals surface area (Å²) in [6.07, 6.45) is 0. The number of nitrogens with zero attached hydrogens (tertiary/aromatic N) is 1. The van der Waals surface area contributed by atoms with Gasteiger partial charge in [-0.15, -0.1) is 0 Å². The second-order valence-corrected chi connectivity index (χ2v) is 5.32. The minimum absolute atomic E-state index is 0.0148. The summed E-state index contributed by atoms with van der Waals surface area (Å²) in [7, 11) is 0. The molecule has 0 atom stereocenters. The van der Waals surface area contributed by atoms with E-state index in [-0.39, 0.29) is 11.7 Å². The molecule has 1 heterocycles. The standard InChI is InChI=1S/C12H12BrNO2/c1-7(15)14-10-5-4-8(13)6-9(10)11(16)12(14,2)3/h4-6H,1-3H3. The van der Waals surface area contributed by atoms with Crippen LogP contribution in [0, 0.1) is 0 Å². The van der Waals surface area contributed by atoms with Crippen molar-refractivity contribution in [3.8, 4) is 0 Å². The van der Waals surface area contributed by atoms with Gasteiger partial charge >= 0.3 is 0 Å². The first-order chi connectivity index (χ1) is 7.35. The van der Waals surface area contributed by atoms with Gasteiger partial charge in [-0.25, -0.2) is 0 Å². The zero-order chi connectivity index (χ0) is 12.1. The van der Waals surface area contributed by atoms with Crippen LogP contribution in [0.4, 0.5) is 5.69 Å². The Kier molecular flexibility index (Phi) is 2.42. The summed E-state index contributed by atoms with van der Waals surface area (Å²) < 4.78 is 0.848. The first-order valence-corrected chi connectivity index (χ1v) is 5.80. The maximum absolute atomic E-state index is 12.2. The number of hydrogen-bond donors (Lipinski definition) is 0. The van der Waals surface area contributed by atoms with E-state index in [9.17, 15) is 9.59 Å². The molecule has 16 heavy (non-hydrogen) atoms. The van der Waals surface area contributed by atoms with Crippen LogP contribution in [-0.2, 0) is 4.79 Å². The lowest BCUT2D eigenvalue weighted by atomic mass is 9.97. The summed E-state index contributed by atoms with van der Waals surface area (Å²) in [5, 5.41) is 0. The molecular formula is C12H12BrNO2. The minimum Gasteiger partial charge on any atom is -0.299 e. The van der Waals surface area contributed by atoms with Crippen LogP contribution < -0.4 is 4.90 Å². The molecule has 0 unspecified atom stereocenters. The van der Waals surface area contributed by atoms with Gasteiger partial charge in [-0.05, 0) is 32.0 Å². The Hall–Kier alpha value is -1.16. The predicted octanol–water partition coefficient (Wildman–Crippen LogP) is 2.78. The van der Waals surface area contributed by atoms with Crippen LogP contribution in [-0.4, -0.2) is 17.2 Å². The van der Waals surface area contributed by atoms with Crippen molar-refractivity contribution in [2.45, 2.75) is 26.3 Å². The molecule has 0 saturated carbocycles. The fourth-order valence-corrected chi connectivity index (χ4v) is 2.54. The SMILES string of the molecule is CC(=O)N1c2ccc(Br)cc2C(=O)C1(C)C. The number of amides is 1. The van der Waals surface area contributed by atoms with Crippen molar-refractivity contribution < 1.29 is 9.59 Å². The van der Waals surface area contributed by atoms with Crippen molar-refractivity contribution in [1.82, 2.24) is 0 Å². The molecule has 4 heteroatoms. The Morgan fingerprint density at radius 1 is 1.38 bits per heavy atom. The van der Waals surface area contributed by atoms with Crippen LogP contribution in [0.5, 0.6) is 0 Å². The van der Waals surface area contributed by atoms with Crippen LogP contribution in [0.25, 0.3) is 0 Å². The van der Waals surface area contributed by atoms with Gasteiger partial charge in [0.2, 0.25) is 5.91 Å². The molecule has 0 aromatic heterocycles. The Bertz CT molecular complexity index is 494. The van der Waals surface area contributed by atoms with E-state index < -0.39 is 5.54 Å². The van der Waals surface area contributed by atoms with Crippen LogP contribution in [0.1, 0.15) is 31.1 Å². The highest BCUT2D eigenvalue weighted by Gasteiger charge is 2.45. The first-order valence-electron chi connectivity index (χ1n) is 5.01. The molecule has 0 radical (unpaired) electrons. The molecule has 1 amide bonds. The molecule has 0 saturated heterocycles. The fourth-order valence-electron chi connectivity index (χ4n) is 2.18. The second kappa shape index (κ2) is 3.42. The van der Waals surface area contributed by atoms with Crippen molar-refractivity contribution in [2.24, 2.45) is 0 Å². The molecule has 1 aliphatic heterocycles. The summed E-state index contributed by atoms with van der Waals surface area (Å²) in [6.45, 7) is 5.02. The van der Waals surface area contributed by atoms with Crippen LogP contribution in [0.3, 0.4) is 0 Å². The van der Waals surface area contributed by atoms with Gasteiger partial charge in [0.25, 0.3) is 0 Å². The smallest absolute Gasteiger partial charge is 0.224 e. The zero-order valence-corrected chi connectivity index (χ0v) is 11.0. The molecule has 2 rings (SSSR count). The number of carbonyl (C=O) groups is 2. The van der Waals surface area contributed by atoms with Gasteiger partial charge in [0.05, 0.1) is 5.69 Å². The number of fused-ring (bicyclic) bond motifs is 1. The van der Waals surface area contributed by atoms with Crippen molar-refractivity contribution in [3.05, 3.63) is 28.2 Å². The van der Waals surface area contributed by atoms with Gasteiger partial charge in [0.1, 0.15) is 5.54 Å². The highest BCUT2D eigenvalue weighted by Crippen LogP contribution is 2.39. The summed E-state index contributed by atoms with van der Waals surface area (Å²) in [5.74, 6) is -0.126. The maximum atomic E-state index is 12.2. The first kappa shape index (κ1) is 11.3. The number of hydrogen-bond acceptors (Lipinski definition) is 2. The molecule has 0 aliphatic carbocycles. The zero-order valence-electron chi connectivity index (χ0n) is 9.37. The number of anilines is 1.